The van der Waals surface area contributed by atoms with Gasteiger partial charge in [0.05, 0.1) is 5.02 Å². The summed E-state index contributed by atoms with van der Waals surface area (Å²) in [5.74, 6) is 0.159. The van der Waals surface area contributed by atoms with E-state index in [1.165, 1.54) is 18.9 Å². The minimum atomic E-state index is -0.475. The van der Waals surface area contributed by atoms with E-state index in [9.17, 15) is 4.39 Å². The quantitative estimate of drug-likeness (QED) is 0.820. The van der Waals surface area contributed by atoms with E-state index in [0.717, 1.165) is 6.42 Å². The fraction of sp³-hybridized carbons (Fsp3) is 0.455. The summed E-state index contributed by atoms with van der Waals surface area (Å²) < 4.78 is 13.7. The van der Waals surface area contributed by atoms with Crippen molar-refractivity contribution in [1.29, 1.82) is 0 Å². The second-order valence-electron chi connectivity index (χ2n) is 4.04. The lowest BCUT2D eigenvalue weighted by Gasteiger charge is -2.14. The molecule has 1 aliphatic carbocycles. The van der Waals surface area contributed by atoms with Crippen LogP contribution in [0.4, 0.5) is 4.39 Å². The van der Waals surface area contributed by atoms with Crippen molar-refractivity contribution in [3.8, 4) is 0 Å². The summed E-state index contributed by atoms with van der Waals surface area (Å²) in [6, 6.07) is 2.70. The van der Waals surface area contributed by atoms with Crippen molar-refractivity contribution >= 4 is 35.6 Å². The number of benzene rings is 1. The summed E-state index contributed by atoms with van der Waals surface area (Å²) in [6.45, 7) is 0. The Morgan fingerprint density at radius 2 is 1.88 bits per heavy atom. The smallest absolute Gasteiger partial charge is 0.148 e. The molecule has 0 amide bonds. The molecule has 1 aromatic carbocycles. The fourth-order valence-electron chi connectivity index (χ4n) is 1.71. The third kappa shape index (κ3) is 3.01. The summed E-state index contributed by atoms with van der Waals surface area (Å²) >= 11 is 11.6. The molecule has 1 nitrogen and oxygen atoms in total. The lowest BCUT2D eigenvalue weighted by Crippen LogP contribution is -2.13. The van der Waals surface area contributed by atoms with E-state index >= 15 is 0 Å². The van der Waals surface area contributed by atoms with Crippen molar-refractivity contribution in [2.24, 2.45) is 11.7 Å². The zero-order valence-corrected chi connectivity index (χ0v) is 10.9. The van der Waals surface area contributed by atoms with E-state index in [-0.39, 0.29) is 23.5 Å². The van der Waals surface area contributed by atoms with Crippen LogP contribution in [-0.4, -0.2) is 0 Å². The van der Waals surface area contributed by atoms with Gasteiger partial charge in [0.25, 0.3) is 0 Å². The van der Waals surface area contributed by atoms with Crippen molar-refractivity contribution in [2.45, 2.75) is 25.3 Å². The lowest BCUT2D eigenvalue weighted by atomic mass is 10.0. The van der Waals surface area contributed by atoms with E-state index in [2.05, 4.69) is 0 Å². The maximum absolute atomic E-state index is 13.7. The Labute approximate surface area is 111 Å². The molecular formula is C11H13Cl3FN. The molecule has 0 spiro atoms. The number of halogens is 4. The Kier molecular flexibility index (Phi) is 4.87. The topological polar surface area (TPSA) is 26.0 Å². The van der Waals surface area contributed by atoms with Gasteiger partial charge in [-0.15, -0.1) is 12.4 Å². The second kappa shape index (κ2) is 5.54. The Morgan fingerprint density at radius 1 is 1.31 bits per heavy atom. The molecule has 1 aromatic rings. The van der Waals surface area contributed by atoms with Crippen LogP contribution in [0.15, 0.2) is 12.1 Å². The van der Waals surface area contributed by atoms with Crippen LogP contribution in [0, 0.1) is 11.7 Å². The van der Waals surface area contributed by atoms with E-state index < -0.39 is 5.82 Å². The highest BCUT2D eigenvalue weighted by atomic mass is 35.5. The van der Waals surface area contributed by atoms with Gasteiger partial charge in [-0.3, -0.25) is 0 Å². The standard InChI is InChI=1S/C11H12Cl2FN.ClH/c12-7-3-4-8(13)11(14)10(7)9(15)5-6-1-2-6;/h3-4,6,9H,1-2,5,15H2;1H/t9-;/m0./s1. The second-order valence-corrected chi connectivity index (χ2v) is 4.86. The van der Waals surface area contributed by atoms with Crippen LogP contribution in [0.2, 0.25) is 10.0 Å². The van der Waals surface area contributed by atoms with Gasteiger partial charge in [-0.05, 0) is 24.5 Å². The SMILES string of the molecule is Cl.N[C@@H](CC1CC1)c1c(Cl)ccc(Cl)c1F. The summed E-state index contributed by atoms with van der Waals surface area (Å²) in [5.41, 5.74) is 6.28. The minimum Gasteiger partial charge on any atom is -0.324 e. The largest absolute Gasteiger partial charge is 0.324 e. The third-order valence-corrected chi connectivity index (χ3v) is 3.36. The first kappa shape index (κ1) is 14.0. The highest BCUT2D eigenvalue weighted by Crippen LogP contribution is 2.39. The van der Waals surface area contributed by atoms with Gasteiger partial charge in [-0.25, -0.2) is 4.39 Å². The lowest BCUT2D eigenvalue weighted by molar-refractivity contribution is 0.543. The van der Waals surface area contributed by atoms with Crippen molar-refractivity contribution < 1.29 is 4.39 Å². The van der Waals surface area contributed by atoms with E-state index in [0.29, 0.717) is 16.5 Å². The summed E-state index contributed by atoms with van der Waals surface area (Å²) in [4.78, 5) is 0. The summed E-state index contributed by atoms with van der Waals surface area (Å²) in [6.07, 6.45) is 3.16. The molecule has 16 heavy (non-hydrogen) atoms. The van der Waals surface area contributed by atoms with Gasteiger partial charge in [0.2, 0.25) is 0 Å². The Hall–Kier alpha value is -0.0200. The van der Waals surface area contributed by atoms with Gasteiger partial charge < -0.3 is 5.73 Å². The molecule has 2 N–H and O–H groups in total. The fourth-order valence-corrected chi connectivity index (χ4v) is 2.16. The first-order chi connectivity index (χ1) is 7.09. The van der Waals surface area contributed by atoms with Crippen molar-refractivity contribution in [3.05, 3.63) is 33.6 Å². The van der Waals surface area contributed by atoms with Crippen molar-refractivity contribution in [2.75, 3.05) is 0 Å². The van der Waals surface area contributed by atoms with Gasteiger partial charge in [0.1, 0.15) is 5.82 Å². The van der Waals surface area contributed by atoms with Crippen molar-refractivity contribution in [3.63, 3.8) is 0 Å². The van der Waals surface area contributed by atoms with Gasteiger partial charge >= 0.3 is 0 Å². The van der Waals surface area contributed by atoms with Crippen LogP contribution in [-0.2, 0) is 0 Å². The number of hydrogen-bond donors (Lipinski definition) is 1. The van der Waals surface area contributed by atoms with Crippen LogP contribution in [0.3, 0.4) is 0 Å². The van der Waals surface area contributed by atoms with Crippen LogP contribution in [0.5, 0.6) is 0 Å². The maximum atomic E-state index is 13.7. The molecule has 0 aliphatic heterocycles. The third-order valence-electron chi connectivity index (χ3n) is 2.73. The molecule has 1 aliphatic rings. The first-order valence-corrected chi connectivity index (χ1v) is 5.74. The van der Waals surface area contributed by atoms with E-state index in [1.54, 1.807) is 6.07 Å². The average Bonchev–Trinajstić information content (AvgIpc) is 2.96. The molecule has 0 heterocycles. The first-order valence-electron chi connectivity index (χ1n) is 4.98. The predicted octanol–water partition coefficient (Wildman–Crippen LogP) is 4.35. The molecule has 0 saturated heterocycles. The van der Waals surface area contributed by atoms with Gasteiger partial charge in [0, 0.05) is 16.6 Å². The van der Waals surface area contributed by atoms with E-state index in [4.69, 9.17) is 28.9 Å². The monoisotopic (exact) mass is 283 g/mol. The molecule has 1 fully saturated rings. The number of rotatable bonds is 3. The molecule has 0 radical (unpaired) electrons. The Morgan fingerprint density at radius 3 is 2.44 bits per heavy atom. The van der Waals surface area contributed by atoms with Gasteiger partial charge in [-0.2, -0.15) is 0 Å². The summed E-state index contributed by atoms with van der Waals surface area (Å²) in [7, 11) is 0. The van der Waals surface area contributed by atoms with Crippen LogP contribution in [0.25, 0.3) is 0 Å². The highest BCUT2D eigenvalue weighted by Gasteiger charge is 2.27. The Balaban J connectivity index is 0.00000128. The van der Waals surface area contributed by atoms with Crippen LogP contribution in [0.1, 0.15) is 30.9 Å². The molecule has 1 saturated carbocycles. The molecule has 2 rings (SSSR count). The molecule has 90 valence electrons. The van der Waals surface area contributed by atoms with Gasteiger partial charge in [-0.1, -0.05) is 36.0 Å². The number of hydrogen-bond acceptors (Lipinski definition) is 1. The van der Waals surface area contributed by atoms with Crippen molar-refractivity contribution in [1.82, 2.24) is 0 Å². The molecule has 0 aromatic heterocycles. The molecular weight excluding hydrogens is 271 g/mol. The minimum absolute atomic E-state index is 0. The highest BCUT2D eigenvalue weighted by molar-refractivity contribution is 6.33. The number of nitrogens with two attached hydrogens (primary N) is 1. The van der Waals surface area contributed by atoms with Gasteiger partial charge in [0.15, 0.2) is 0 Å². The molecule has 0 unspecified atom stereocenters. The van der Waals surface area contributed by atoms with Crippen LogP contribution < -0.4 is 5.73 Å². The normalized spacial score (nSPS) is 16.8. The summed E-state index contributed by atoms with van der Waals surface area (Å²) in [5, 5.41) is 0.450. The zero-order valence-electron chi connectivity index (χ0n) is 8.55. The predicted molar refractivity (Wildman–Crippen MR) is 67.9 cm³/mol. The molecule has 0 bridgehead atoms. The van der Waals surface area contributed by atoms with Crippen LogP contribution >= 0.6 is 35.6 Å². The maximum Gasteiger partial charge on any atom is 0.148 e. The molecule has 1 atom stereocenters. The van der Waals surface area contributed by atoms with E-state index in [1.807, 2.05) is 0 Å². The Bertz CT molecular complexity index is 380. The zero-order chi connectivity index (χ0) is 11.0. The molecule has 5 heteroatoms. The average molecular weight is 285 g/mol.